The van der Waals surface area contributed by atoms with Crippen LogP contribution in [0.15, 0.2) is 24.3 Å². The van der Waals surface area contributed by atoms with Crippen molar-refractivity contribution in [2.24, 2.45) is 5.73 Å². The fourth-order valence-electron chi connectivity index (χ4n) is 1.50. The summed E-state index contributed by atoms with van der Waals surface area (Å²) in [7, 11) is 0. The Morgan fingerprint density at radius 3 is 2.72 bits per heavy atom. The Kier molecular flexibility index (Phi) is 5.26. The van der Waals surface area contributed by atoms with Crippen molar-refractivity contribution in [3.63, 3.8) is 0 Å². The van der Waals surface area contributed by atoms with Crippen molar-refractivity contribution >= 4 is 11.9 Å². The van der Waals surface area contributed by atoms with Crippen molar-refractivity contribution in [3.05, 3.63) is 35.6 Å². The molecule has 0 radical (unpaired) electrons. The number of carbonyl (C=O) groups excluding carboxylic acids is 1. The van der Waals surface area contributed by atoms with Gasteiger partial charge in [0.05, 0.1) is 0 Å². The van der Waals surface area contributed by atoms with Gasteiger partial charge >= 0.3 is 5.97 Å². The van der Waals surface area contributed by atoms with Crippen molar-refractivity contribution in [2.75, 3.05) is 6.54 Å². The highest BCUT2D eigenvalue weighted by atomic mass is 19.1. The largest absolute Gasteiger partial charge is 0.480 e. The summed E-state index contributed by atoms with van der Waals surface area (Å²) in [6.45, 7) is 0.151. The second kappa shape index (κ2) is 6.70. The van der Waals surface area contributed by atoms with E-state index in [2.05, 4.69) is 5.32 Å². The van der Waals surface area contributed by atoms with Gasteiger partial charge in [-0.2, -0.15) is 0 Å². The van der Waals surface area contributed by atoms with Crippen LogP contribution in [0.1, 0.15) is 12.0 Å². The van der Waals surface area contributed by atoms with Crippen LogP contribution in [0, 0.1) is 5.82 Å². The molecule has 0 fully saturated rings. The van der Waals surface area contributed by atoms with Gasteiger partial charge in [0.2, 0.25) is 5.91 Å². The topological polar surface area (TPSA) is 92.4 Å². The average Bonchev–Trinajstić information content (AvgIpc) is 2.28. The number of nitrogens with one attached hydrogen (secondary N) is 1. The summed E-state index contributed by atoms with van der Waals surface area (Å²) >= 11 is 0. The highest BCUT2D eigenvalue weighted by Crippen LogP contribution is 2.07. The number of nitrogens with two attached hydrogens (primary N) is 1. The van der Waals surface area contributed by atoms with Crippen molar-refractivity contribution < 1.29 is 19.1 Å². The second-order valence-corrected chi connectivity index (χ2v) is 3.83. The molecule has 18 heavy (non-hydrogen) atoms. The maximum atomic E-state index is 13.0. The van der Waals surface area contributed by atoms with E-state index in [1.165, 1.54) is 18.2 Å². The van der Waals surface area contributed by atoms with Gasteiger partial charge in [0.15, 0.2) is 0 Å². The van der Waals surface area contributed by atoms with Gasteiger partial charge in [0.1, 0.15) is 11.9 Å². The summed E-state index contributed by atoms with van der Waals surface area (Å²) in [6, 6.07) is 4.53. The monoisotopic (exact) mass is 254 g/mol. The van der Waals surface area contributed by atoms with Crippen LogP contribution in [-0.4, -0.2) is 29.6 Å². The Bertz CT molecular complexity index is 437. The maximum absolute atomic E-state index is 13.0. The van der Waals surface area contributed by atoms with Gasteiger partial charge < -0.3 is 16.2 Å². The van der Waals surface area contributed by atoms with Gasteiger partial charge in [-0.25, -0.2) is 9.18 Å². The normalized spacial score (nSPS) is 11.9. The van der Waals surface area contributed by atoms with Crippen LogP contribution in [-0.2, 0) is 16.0 Å². The number of halogens is 1. The van der Waals surface area contributed by atoms with E-state index in [1.807, 2.05) is 0 Å². The van der Waals surface area contributed by atoms with E-state index in [-0.39, 0.29) is 19.4 Å². The van der Waals surface area contributed by atoms with Crippen molar-refractivity contribution in [1.29, 1.82) is 0 Å². The lowest BCUT2D eigenvalue weighted by Gasteiger charge is -2.14. The SMILES string of the molecule is NCCC(=O)NC(Cc1cccc(F)c1)C(=O)O. The molecule has 0 aliphatic rings. The molecular formula is C12H15FN2O3. The minimum atomic E-state index is -1.16. The zero-order valence-corrected chi connectivity index (χ0v) is 9.73. The summed E-state index contributed by atoms with van der Waals surface area (Å²) in [5.41, 5.74) is 5.71. The van der Waals surface area contributed by atoms with Gasteiger partial charge in [0, 0.05) is 19.4 Å². The lowest BCUT2D eigenvalue weighted by Crippen LogP contribution is -2.42. The Labute approximate surface area is 104 Å². The van der Waals surface area contributed by atoms with Crippen LogP contribution in [0.3, 0.4) is 0 Å². The summed E-state index contributed by atoms with van der Waals surface area (Å²) in [6.07, 6.45) is 0.0936. The van der Waals surface area contributed by atoms with Crippen molar-refractivity contribution in [1.82, 2.24) is 5.32 Å². The van der Waals surface area contributed by atoms with Crippen LogP contribution < -0.4 is 11.1 Å². The van der Waals surface area contributed by atoms with E-state index in [1.54, 1.807) is 6.07 Å². The number of aliphatic carboxylic acids is 1. The minimum absolute atomic E-state index is 0.0312. The summed E-state index contributed by atoms with van der Waals surface area (Å²) in [4.78, 5) is 22.3. The molecule has 0 aromatic heterocycles. The highest BCUT2D eigenvalue weighted by molar-refractivity contribution is 5.83. The van der Waals surface area contributed by atoms with Gasteiger partial charge in [-0.3, -0.25) is 4.79 Å². The Morgan fingerprint density at radius 2 is 2.17 bits per heavy atom. The van der Waals surface area contributed by atoms with Gasteiger partial charge in [-0.1, -0.05) is 12.1 Å². The Morgan fingerprint density at radius 1 is 1.44 bits per heavy atom. The second-order valence-electron chi connectivity index (χ2n) is 3.83. The Balaban J connectivity index is 2.69. The number of hydrogen-bond donors (Lipinski definition) is 3. The predicted molar refractivity (Wildman–Crippen MR) is 63.3 cm³/mol. The predicted octanol–water partition coefficient (Wildman–Crippen LogP) is 0.286. The molecule has 0 aliphatic heterocycles. The molecule has 1 rings (SSSR count). The first-order chi connectivity index (χ1) is 8.52. The molecule has 0 saturated heterocycles. The van der Waals surface area contributed by atoms with Gasteiger partial charge in [-0.15, -0.1) is 0 Å². The lowest BCUT2D eigenvalue weighted by atomic mass is 10.1. The number of carbonyl (C=O) groups is 2. The third-order valence-corrected chi connectivity index (χ3v) is 2.33. The van der Waals surface area contributed by atoms with E-state index in [0.29, 0.717) is 5.56 Å². The zero-order valence-electron chi connectivity index (χ0n) is 9.73. The smallest absolute Gasteiger partial charge is 0.326 e. The fourth-order valence-corrected chi connectivity index (χ4v) is 1.50. The van der Waals surface area contributed by atoms with Crippen LogP contribution in [0.4, 0.5) is 4.39 Å². The Hall–Kier alpha value is -1.95. The molecule has 1 amide bonds. The molecule has 1 unspecified atom stereocenters. The number of benzene rings is 1. The number of amides is 1. The van der Waals surface area contributed by atoms with E-state index >= 15 is 0 Å². The zero-order chi connectivity index (χ0) is 13.5. The van der Waals surface area contributed by atoms with Crippen LogP contribution in [0.5, 0.6) is 0 Å². The van der Waals surface area contributed by atoms with Gasteiger partial charge in [0.25, 0.3) is 0 Å². The third kappa shape index (κ3) is 4.50. The van der Waals surface area contributed by atoms with Crippen LogP contribution in [0.2, 0.25) is 0 Å². The molecule has 6 heteroatoms. The standard InChI is InChI=1S/C12H15FN2O3/c13-9-3-1-2-8(6-9)7-10(12(17)18)15-11(16)4-5-14/h1-3,6,10H,4-5,7,14H2,(H,15,16)(H,17,18). The molecule has 1 aromatic carbocycles. The summed E-state index contributed by atoms with van der Waals surface area (Å²) < 4.78 is 13.0. The van der Waals surface area contributed by atoms with Crippen LogP contribution in [0.25, 0.3) is 0 Å². The molecule has 1 atom stereocenters. The summed E-state index contributed by atoms with van der Waals surface area (Å²) in [5.74, 6) is -2.03. The molecular weight excluding hydrogens is 239 g/mol. The van der Waals surface area contributed by atoms with E-state index in [9.17, 15) is 14.0 Å². The minimum Gasteiger partial charge on any atom is -0.480 e. The molecule has 0 heterocycles. The van der Waals surface area contributed by atoms with Gasteiger partial charge in [-0.05, 0) is 17.7 Å². The van der Waals surface area contributed by atoms with Crippen molar-refractivity contribution in [2.45, 2.75) is 18.9 Å². The average molecular weight is 254 g/mol. The first kappa shape index (κ1) is 14.1. The molecule has 0 spiro atoms. The first-order valence-corrected chi connectivity index (χ1v) is 5.49. The fraction of sp³-hybridized carbons (Fsp3) is 0.333. The van der Waals surface area contributed by atoms with E-state index in [4.69, 9.17) is 10.8 Å². The highest BCUT2D eigenvalue weighted by Gasteiger charge is 2.20. The van der Waals surface area contributed by atoms with Crippen molar-refractivity contribution in [3.8, 4) is 0 Å². The number of hydrogen-bond acceptors (Lipinski definition) is 3. The molecule has 4 N–H and O–H groups in total. The molecule has 0 bridgehead atoms. The van der Waals surface area contributed by atoms with E-state index < -0.39 is 23.7 Å². The molecule has 0 aliphatic carbocycles. The molecule has 5 nitrogen and oxygen atoms in total. The number of carboxylic acids is 1. The summed E-state index contributed by atoms with van der Waals surface area (Å²) in [5, 5.41) is 11.3. The molecule has 1 aromatic rings. The van der Waals surface area contributed by atoms with Crippen LogP contribution >= 0.6 is 0 Å². The first-order valence-electron chi connectivity index (χ1n) is 5.49. The number of rotatable bonds is 6. The quantitative estimate of drug-likeness (QED) is 0.680. The maximum Gasteiger partial charge on any atom is 0.326 e. The van der Waals surface area contributed by atoms with E-state index in [0.717, 1.165) is 0 Å². The third-order valence-electron chi connectivity index (χ3n) is 2.33. The molecule has 98 valence electrons. The lowest BCUT2D eigenvalue weighted by molar-refractivity contribution is -0.141. The molecule has 0 saturated carbocycles. The number of carboxylic acid groups (broad SMARTS) is 1.